The van der Waals surface area contributed by atoms with Crippen molar-refractivity contribution in [1.82, 2.24) is 0 Å². The van der Waals surface area contributed by atoms with Crippen molar-refractivity contribution in [3.63, 3.8) is 0 Å². The molecule has 0 aliphatic carbocycles. The van der Waals surface area contributed by atoms with Crippen LogP contribution in [0.2, 0.25) is 0 Å². The predicted molar refractivity (Wildman–Crippen MR) is 76.9 cm³/mol. The van der Waals surface area contributed by atoms with Crippen molar-refractivity contribution in [2.24, 2.45) is 0 Å². The van der Waals surface area contributed by atoms with E-state index in [4.69, 9.17) is 5.73 Å². The van der Waals surface area contributed by atoms with Crippen LogP contribution in [0.25, 0.3) is 0 Å². The van der Waals surface area contributed by atoms with Crippen LogP contribution in [0.5, 0.6) is 0 Å². The molecule has 0 fully saturated rings. The zero-order valence-electron chi connectivity index (χ0n) is 9.22. The second-order valence-electron chi connectivity index (χ2n) is 3.55. The molecule has 0 spiro atoms. The highest BCUT2D eigenvalue weighted by Crippen LogP contribution is 2.31. The molecule has 0 unspecified atom stereocenters. The van der Waals surface area contributed by atoms with Gasteiger partial charge < -0.3 is 11.1 Å². The third kappa shape index (κ3) is 2.62. The van der Waals surface area contributed by atoms with Gasteiger partial charge in [-0.1, -0.05) is 6.07 Å². The molecule has 1 aromatic carbocycles. The Morgan fingerprint density at radius 1 is 1.44 bits per heavy atom. The molecular weight excluding hydrogens is 318 g/mol. The maximum absolute atomic E-state index is 10.9. The lowest BCUT2D eigenvalue weighted by molar-refractivity contribution is -0.383. The summed E-state index contributed by atoms with van der Waals surface area (Å²) in [5, 5.41) is 15.9. The summed E-state index contributed by atoms with van der Waals surface area (Å²) >= 11 is 4.99. The van der Waals surface area contributed by atoms with Crippen molar-refractivity contribution in [3.05, 3.63) is 49.1 Å². The van der Waals surface area contributed by atoms with Crippen LogP contribution in [0, 0.1) is 10.1 Å². The van der Waals surface area contributed by atoms with Crippen LogP contribution >= 0.6 is 27.3 Å². The fourth-order valence-electron chi connectivity index (χ4n) is 1.53. The first-order chi connectivity index (χ1) is 8.59. The Hall–Kier alpha value is -1.60. The van der Waals surface area contributed by atoms with Crippen LogP contribution in [0.4, 0.5) is 17.1 Å². The molecule has 0 aliphatic rings. The van der Waals surface area contributed by atoms with E-state index in [9.17, 15) is 10.1 Å². The quantitative estimate of drug-likeness (QED) is 0.510. The number of nitro groups is 1. The van der Waals surface area contributed by atoms with E-state index in [0.717, 1.165) is 9.35 Å². The van der Waals surface area contributed by atoms with Crippen LogP contribution in [0.15, 0.2) is 34.1 Å². The van der Waals surface area contributed by atoms with Gasteiger partial charge in [0.05, 0.1) is 11.5 Å². The molecule has 3 N–H and O–H groups in total. The first kappa shape index (κ1) is 12.8. The number of nitrogen functional groups attached to an aromatic ring is 1. The number of nitrogens with zero attached hydrogens (tertiary/aromatic N) is 1. The molecule has 0 amide bonds. The number of benzene rings is 1. The Labute approximate surface area is 116 Å². The summed E-state index contributed by atoms with van der Waals surface area (Å²) in [4.78, 5) is 11.6. The molecule has 0 atom stereocenters. The number of hydrogen-bond acceptors (Lipinski definition) is 5. The van der Waals surface area contributed by atoms with Crippen molar-refractivity contribution >= 4 is 44.3 Å². The summed E-state index contributed by atoms with van der Waals surface area (Å²) in [5.74, 6) is 0. The fourth-order valence-corrected chi connectivity index (χ4v) is 2.97. The van der Waals surface area contributed by atoms with E-state index in [-0.39, 0.29) is 11.4 Å². The molecule has 0 bridgehead atoms. The molecular formula is C11H10BrN3O2S. The van der Waals surface area contributed by atoms with Crippen LogP contribution < -0.4 is 11.1 Å². The van der Waals surface area contributed by atoms with Gasteiger partial charge in [-0.25, -0.2) is 0 Å². The van der Waals surface area contributed by atoms with E-state index in [1.54, 1.807) is 23.5 Å². The summed E-state index contributed by atoms with van der Waals surface area (Å²) in [5.41, 5.74) is 6.13. The van der Waals surface area contributed by atoms with E-state index in [1.807, 2.05) is 11.4 Å². The Kier molecular flexibility index (Phi) is 3.83. The van der Waals surface area contributed by atoms with E-state index < -0.39 is 4.92 Å². The third-order valence-corrected chi connectivity index (χ3v) is 4.31. The average Bonchev–Trinajstić information content (AvgIpc) is 2.71. The molecule has 2 aromatic rings. The molecule has 1 aromatic heterocycles. The smallest absolute Gasteiger partial charge is 0.314 e. The highest BCUT2D eigenvalue weighted by atomic mass is 79.9. The topological polar surface area (TPSA) is 81.2 Å². The average molecular weight is 328 g/mol. The predicted octanol–water partition coefficient (Wildman–Crippen LogP) is 3.61. The molecule has 1 heterocycles. The highest BCUT2D eigenvalue weighted by molar-refractivity contribution is 9.10. The maximum Gasteiger partial charge on any atom is 0.314 e. The van der Waals surface area contributed by atoms with Gasteiger partial charge in [0, 0.05) is 9.35 Å². The van der Waals surface area contributed by atoms with E-state index in [0.29, 0.717) is 12.2 Å². The second kappa shape index (κ2) is 5.36. The van der Waals surface area contributed by atoms with Gasteiger partial charge in [0.2, 0.25) is 0 Å². The number of nitro benzene ring substituents is 1. The van der Waals surface area contributed by atoms with Crippen LogP contribution in [-0.2, 0) is 6.54 Å². The molecule has 2 rings (SSSR count). The van der Waals surface area contributed by atoms with Crippen molar-refractivity contribution in [2.45, 2.75) is 6.54 Å². The van der Waals surface area contributed by atoms with Gasteiger partial charge in [-0.2, -0.15) is 0 Å². The number of thiophene rings is 1. The number of anilines is 2. The van der Waals surface area contributed by atoms with Gasteiger partial charge in [0.25, 0.3) is 0 Å². The lowest BCUT2D eigenvalue weighted by atomic mass is 10.2. The lowest BCUT2D eigenvalue weighted by Gasteiger charge is -2.07. The Morgan fingerprint density at radius 2 is 2.22 bits per heavy atom. The minimum atomic E-state index is -0.471. The normalized spacial score (nSPS) is 10.3. The van der Waals surface area contributed by atoms with E-state index in [2.05, 4.69) is 21.2 Å². The minimum Gasteiger partial charge on any atom is -0.393 e. The minimum absolute atomic E-state index is 0.0785. The zero-order chi connectivity index (χ0) is 13.1. The highest BCUT2D eigenvalue weighted by Gasteiger charge is 2.17. The zero-order valence-corrected chi connectivity index (χ0v) is 11.6. The van der Waals surface area contributed by atoms with Gasteiger partial charge in [-0.3, -0.25) is 10.1 Å². The number of nitrogens with two attached hydrogens (primary N) is 1. The number of para-hydroxylation sites is 1. The van der Waals surface area contributed by atoms with E-state index >= 15 is 0 Å². The Bertz CT molecular complexity index is 585. The van der Waals surface area contributed by atoms with E-state index in [1.165, 1.54) is 6.07 Å². The fraction of sp³-hybridized carbons (Fsp3) is 0.0909. The summed E-state index contributed by atoms with van der Waals surface area (Å²) in [7, 11) is 0. The third-order valence-electron chi connectivity index (χ3n) is 2.38. The molecule has 0 saturated heterocycles. The van der Waals surface area contributed by atoms with Crippen molar-refractivity contribution in [2.75, 3.05) is 11.1 Å². The first-order valence-corrected chi connectivity index (χ1v) is 6.75. The Balaban J connectivity index is 2.22. The SMILES string of the molecule is Nc1cccc(NCc2sccc2Br)c1[N+](=O)[O-]. The van der Waals surface area contributed by atoms with Crippen molar-refractivity contribution < 1.29 is 4.92 Å². The lowest BCUT2D eigenvalue weighted by Crippen LogP contribution is -2.04. The summed E-state index contributed by atoms with van der Waals surface area (Å²) in [6, 6.07) is 6.80. The van der Waals surface area contributed by atoms with Crippen LogP contribution in [0.1, 0.15) is 4.88 Å². The molecule has 7 heteroatoms. The van der Waals surface area contributed by atoms with Gasteiger partial charge in [0.1, 0.15) is 11.4 Å². The second-order valence-corrected chi connectivity index (χ2v) is 5.40. The molecule has 0 radical (unpaired) electrons. The number of halogens is 1. The number of hydrogen-bond donors (Lipinski definition) is 2. The van der Waals surface area contributed by atoms with Gasteiger partial charge >= 0.3 is 5.69 Å². The molecule has 18 heavy (non-hydrogen) atoms. The maximum atomic E-state index is 10.9. The van der Waals surface area contributed by atoms with Crippen LogP contribution in [0.3, 0.4) is 0 Å². The number of rotatable bonds is 4. The molecule has 0 saturated carbocycles. The Morgan fingerprint density at radius 3 is 2.83 bits per heavy atom. The van der Waals surface area contributed by atoms with Crippen molar-refractivity contribution in [3.8, 4) is 0 Å². The summed E-state index contributed by atoms with van der Waals surface area (Å²) in [6.45, 7) is 0.516. The monoisotopic (exact) mass is 327 g/mol. The first-order valence-electron chi connectivity index (χ1n) is 5.08. The van der Waals surface area contributed by atoms with Gasteiger partial charge in [0.15, 0.2) is 0 Å². The number of nitrogens with one attached hydrogen (secondary N) is 1. The van der Waals surface area contributed by atoms with Crippen molar-refractivity contribution in [1.29, 1.82) is 0 Å². The van der Waals surface area contributed by atoms with Crippen LogP contribution in [-0.4, -0.2) is 4.92 Å². The summed E-state index contributed by atoms with van der Waals surface area (Å²) < 4.78 is 0.992. The molecule has 0 aliphatic heterocycles. The molecule has 5 nitrogen and oxygen atoms in total. The van der Waals surface area contributed by atoms with Gasteiger partial charge in [-0.15, -0.1) is 11.3 Å². The largest absolute Gasteiger partial charge is 0.393 e. The van der Waals surface area contributed by atoms with Gasteiger partial charge in [-0.05, 0) is 39.5 Å². The molecule has 94 valence electrons. The standard InChI is InChI=1S/C11H10BrN3O2S/c12-7-4-5-18-10(7)6-14-9-3-1-2-8(13)11(9)15(16)17/h1-5,14H,6,13H2. The summed E-state index contributed by atoms with van der Waals surface area (Å²) in [6.07, 6.45) is 0.